The van der Waals surface area contributed by atoms with Crippen LogP contribution in [0.3, 0.4) is 0 Å². The van der Waals surface area contributed by atoms with Crippen molar-refractivity contribution in [2.24, 2.45) is 0 Å². The van der Waals surface area contributed by atoms with Gasteiger partial charge in [-0.15, -0.1) is 0 Å². The number of aromatic nitrogens is 1. The average Bonchev–Trinajstić information content (AvgIpc) is 4.11. The third kappa shape index (κ3) is 7.55. The summed E-state index contributed by atoms with van der Waals surface area (Å²) >= 11 is 0. The fraction of sp³-hybridized carbons (Fsp3) is 0.0882. The minimum atomic E-state index is -0.0739. The standard InChI is InChI=1S/C68H54N4/c1-68(2)63-27-15-12-25-59(63)61-45-56(40-42-64(61)68)71(57-41-43-67-62(46-57)60-26-14-17-29-66(60)72(67)52-22-10-5-11-23-52)54-37-32-48(33-38-54)47-30-35-53(36-31-47)70(51-20-8-4-9-21-51)55-39-34-49(44-55)58-24-13-16-28-65(58)69-50-18-6-3-7-19-50/h3-30,32-33,35,37-46,69H,31,34,36H2,1-2H3. The highest BCUT2D eigenvalue weighted by Gasteiger charge is 2.35. The molecule has 4 heteroatoms. The lowest BCUT2D eigenvalue weighted by molar-refractivity contribution is 0.660. The number of allylic oxidation sites excluding steroid dienone is 7. The van der Waals surface area contributed by atoms with Crippen molar-refractivity contribution in [3.05, 3.63) is 282 Å². The third-order valence-electron chi connectivity index (χ3n) is 15.1. The van der Waals surface area contributed by atoms with E-state index in [0.29, 0.717) is 0 Å². The molecule has 4 nitrogen and oxygen atoms in total. The molecule has 0 bridgehead atoms. The summed E-state index contributed by atoms with van der Waals surface area (Å²) in [6.07, 6.45) is 12.2. The van der Waals surface area contributed by atoms with Crippen LogP contribution in [-0.4, -0.2) is 4.57 Å². The molecule has 72 heavy (non-hydrogen) atoms. The smallest absolute Gasteiger partial charge is 0.0542 e. The molecule has 1 aromatic heterocycles. The normalized spacial score (nSPS) is 14.5. The summed E-state index contributed by atoms with van der Waals surface area (Å²) in [7, 11) is 0. The predicted octanol–water partition coefficient (Wildman–Crippen LogP) is 18.2. The highest BCUT2D eigenvalue weighted by Crippen LogP contribution is 2.51. The Kier molecular flexibility index (Phi) is 10.7. The van der Waals surface area contributed by atoms with E-state index < -0.39 is 0 Å². The van der Waals surface area contributed by atoms with E-state index in [1.54, 1.807) is 0 Å². The number of para-hydroxylation sites is 5. The van der Waals surface area contributed by atoms with Crippen LogP contribution in [0, 0.1) is 0 Å². The van der Waals surface area contributed by atoms with Crippen molar-refractivity contribution in [1.29, 1.82) is 0 Å². The third-order valence-corrected chi connectivity index (χ3v) is 15.1. The second-order valence-corrected chi connectivity index (χ2v) is 19.7. The number of hydrogen-bond donors (Lipinski definition) is 1. The average molecular weight is 927 g/mol. The van der Waals surface area contributed by atoms with Gasteiger partial charge >= 0.3 is 0 Å². The van der Waals surface area contributed by atoms with Gasteiger partial charge in [-0.2, -0.15) is 0 Å². The lowest BCUT2D eigenvalue weighted by atomic mass is 9.82. The molecule has 346 valence electrons. The maximum absolute atomic E-state index is 3.67. The number of anilines is 6. The first kappa shape index (κ1) is 43.2. The number of hydrogen-bond acceptors (Lipinski definition) is 3. The van der Waals surface area contributed by atoms with Gasteiger partial charge in [-0.05, 0) is 161 Å². The highest BCUT2D eigenvalue weighted by molar-refractivity contribution is 6.10. The SMILES string of the molecule is CC1(C)c2ccccc2-c2cc(N(c3ccc(C4=CC=C(N(C5=CCC(c6ccccc6Nc6ccccc6)=C5)c5ccccc5)CC4)cc3)c3ccc4c(c3)c3ccccc3n4-c3ccccc3)ccc21. The van der Waals surface area contributed by atoms with Gasteiger partial charge in [-0.3, -0.25) is 0 Å². The number of benzene rings is 9. The van der Waals surface area contributed by atoms with Crippen molar-refractivity contribution in [1.82, 2.24) is 4.57 Å². The van der Waals surface area contributed by atoms with Crippen LogP contribution in [-0.2, 0) is 5.41 Å². The van der Waals surface area contributed by atoms with E-state index in [-0.39, 0.29) is 5.41 Å². The van der Waals surface area contributed by atoms with Gasteiger partial charge in [0.1, 0.15) is 0 Å². The summed E-state index contributed by atoms with van der Waals surface area (Å²) in [4.78, 5) is 4.91. The zero-order chi connectivity index (χ0) is 48.2. The van der Waals surface area contributed by atoms with Gasteiger partial charge in [-0.1, -0.05) is 159 Å². The summed E-state index contributed by atoms with van der Waals surface area (Å²) in [5.74, 6) is 0. The number of nitrogens with zero attached hydrogens (tertiary/aromatic N) is 3. The molecule has 0 amide bonds. The fourth-order valence-corrected chi connectivity index (χ4v) is 11.6. The molecular formula is C68H54N4. The zero-order valence-corrected chi connectivity index (χ0v) is 40.6. The van der Waals surface area contributed by atoms with Gasteiger partial charge in [0.25, 0.3) is 0 Å². The molecule has 1 heterocycles. The summed E-state index contributed by atoms with van der Waals surface area (Å²) in [5, 5.41) is 6.13. The largest absolute Gasteiger partial charge is 0.355 e. The lowest BCUT2D eigenvalue weighted by Crippen LogP contribution is -2.21. The fourth-order valence-electron chi connectivity index (χ4n) is 11.6. The number of fused-ring (bicyclic) bond motifs is 6. The van der Waals surface area contributed by atoms with Crippen LogP contribution in [0.1, 0.15) is 55.4 Å². The summed E-state index contributed by atoms with van der Waals surface area (Å²) in [5.41, 5.74) is 23.2. The number of rotatable bonds is 11. The molecule has 0 aliphatic heterocycles. The second-order valence-electron chi connectivity index (χ2n) is 19.7. The van der Waals surface area contributed by atoms with Crippen LogP contribution in [0.2, 0.25) is 0 Å². The molecule has 9 aromatic carbocycles. The Bertz CT molecular complexity index is 3820. The van der Waals surface area contributed by atoms with E-state index in [9.17, 15) is 0 Å². The van der Waals surface area contributed by atoms with Crippen molar-refractivity contribution >= 4 is 67.1 Å². The van der Waals surface area contributed by atoms with Crippen LogP contribution < -0.4 is 15.1 Å². The summed E-state index contributed by atoms with van der Waals surface area (Å²) in [6.45, 7) is 4.71. The Morgan fingerprint density at radius 1 is 0.458 bits per heavy atom. The minimum Gasteiger partial charge on any atom is -0.355 e. The van der Waals surface area contributed by atoms with Crippen LogP contribution in [0.4, 0.5) is 34.1 Å². The molecule has 13 rings (SSSR count). The predicted molar refractivity (Wildman–Crippen MR) is 304 cm³/mol. The molecule has 1 N–H and O–H groups in total. The Labute approximate surface area is 422 Å². The van der Waals surface area contributed by atoms with Crippen molar-refractivity contribution < 1.29 is 0 Å². The van der Waals surface area contributed by atoms with Crippen molar-refractivity contribution in [2.45, 2.75) is 38.5 Å². The molecule has 3 aliphatic rings. The Morgan fingerprint density at radius 2 is 1.08 bits per heavy atom. The summed E-state index contributed by atoms with van der Waals surface area (Å²) in [6, 6.07) is 81.7. The van der Waals surface area contributed by atoms with Gasteiger partial charge in [0, 0.05) is 73.0 Å². The molecule has 3 aliphatic carbocycles. The molecule has 0 saturated carbocycles. The van der Waals surface area contributed by atoms with Crippen molar-refractivity contribution in [3.63, 3.8) is 0 Å². The molecule has 0 radical (unpaired) electrons. The van der Waals surface area contributed by atoms with E-state index >= 15 is 0 Å². The van der Waals surface area contributed by atoms with E-state index in [4.69, 9.17) is 0 Å². The Hall–Kier alpha value is -8.86. The van der Waals surface area contributed by atoms with Gasteiger partial charge in [-0.25, -0.2) is 0 Å². The lowest BCUT2D eigenvalue weighted by Gasteiger charge is -2.30. The monoisotopic (exact) mass is 926 g/mol. The maximum Gasteiger partial charge on any atom is 0.0542 e. The van der Waals surface area contributed by atoms with Crippen molar-refractivity contribution in [3.8, 4) is 16.8 Å². The van der Waals surface area contributed by atoms with Gasteiger partial charge in [0.2, 0.25) is 0 Å². The molecule has 0 atom stereocenters. The van der Waals surface area contributed by atoms with E-state index in [2.05, 4.69) is 282 Å². The Morgan fingerprint density at radius 3 is 1.88 bits per heavy atom. The first-order valence-corrected chi connectivity index (χ1v) is 25.3. The quantitative estimate of drug-likeness (QED) is 0.140. The topological polar surface area (TPSA) is 23.4 Å². The molecule has 0 saturated heterocycles. The van der Waals surface area contributed by atoms with Crippen molar-refractivity contribution in [2.75, 3.05) is 15.1 Å². The first-order valence-electron chi connectivity index (χ1n) is 25.3. The summed E-state index contributed by atoms with van der Waals surface area (Å²) < 4.78 is 2.39. The van der Waals surface area contributed by atoms with Gasteiger partial charge in [0.05, 0.1) is 11.0 Å². The molecule has 0 fully saturated rings. The molecule has 10 aromatic rings. The molecular weight excluding hydrogens is 873 g/mol. The van der Waals surface area contributed by atoms with E-state index in [1.165, 1.54) is 83.4 Å². The van der Waals surface area contributed by atoms with Crippen LogP contribution in [0.25, 0.3) is 49.8 Å². The van der Waals surface area contributed by atoms with Crippen LogP contribution >= 0.6 is 0 Å². The van der Waals surface area contributed by atoms with Crippen LogP contribution in [0.15, 0.2) is 260 Å². The molecule has 0 unspecified atom stereocenters. The minimum absolute atomic E-state index is 0.0739. The zero-order valence-electron chi connectivity index (χ0n) is 40.6. The second kappa shape index (κ2) is 17.8. The van der Waals surface area contributed by atoms with Gasteiger partial charge < -0.3 is 19.7 Å². The Balaban J connectivity index is 0.857. The first-order chi connectivity index (χ1) is 35.5. The van der Waals surface area contributed by atoms with Crippen LogP contribution in [0.5, 0.6) is 0 Å². The highest BCUT2D eigenvalue weighted by atomic mass is 15.2. The van der Waals surface area contributed by atoms with Gasteiger partial charge in [0.15, 0.2) is 0 Å². The molecule has 0 spiro atoms. The van der Waals surface area contributed by atoms with E-state index in [0.717, 1.165) is 53.4 Å². The number of nitrogens with one attached hydrogen (secondary N) is 1. The maximum atomic E-state index is 3.67. The van der Waals surface area contributed by atoms with E-state index in [1.807, 2.05) is 0 Å².